The van der Waals surface area contributed by atoms with Crippen LogP contribution < -0.4 is 26.4 Å². The number of hydrogen-bond acceptors (Lipinski definition) is 3. The van der Waals surface area contributed by atoms with Gasteiger partial charge in [-0.1, -0.05) is 113 Å². The number of anilines is 6. The molecule has 0 atom stereocenters. The Kier molecular flexibility index (Phi) is 8.10. The summed E-state index contributed by atoms with van der Waals surface area (Å²) in [6, 6.07) is 31.9. The van der Waals surface area contributed by atoms with Crippen LogP contribution in [0.4, 0.5) is 34.1 Å². The fourth-order valence-electron chi connectivity index (χ4n) is 12.7. The average molecular weight is 819 g/mol. The quantitative estimate of drug-likeness (QED) is 0.162. The van der Waals surface area contributed by atoms with Gasteiger partial charge in [0.15, 0.2) is 0 Å². The highest BCUT2D eigenvalue weighted by Crippen LogP contribution is 2.55. The van der Waals surface area contributed by atoms with Crippen molar-refractivity contribution in [2.45, 2.75) is 168 Å². The summed E-state index contributed by atoms with van der Waals surface area (Å²) in [7, 11) is 0. The maximum absolute atomic E-state index is 7.57. The van der Waals surface area contributed by atoms with E-state index >= 15 is 0 Å². The normalized spacial score (nSPS) is 21.4. The van der Waals surface area contributed by atoms with Gasteiger partial charge in [0.2, 0.25) is 0 Å². The second-order valence-corrected chi connectivity index (χ2v) is 24.4. The third-order valence-electron chi connectivity index (χ3n) is 17.1. The lowest BCUT2D eigenvalue weighted by atomic mass is 9.35. The Morgan fingerprint density at radius 3 is 1.48 bits per heavy atom. The van der Waals surface area contributed by atoms with E-state index in [4.69, 9.17) is 4.42 Å². The summed E-state index contributed by atoms with van der Waals surface area (Å²) in [5, 5.41) is 1.22. The molecule has 0 fully saturated rings. The highest BCUT2D eigenvalue weighted by atomic mass is 16.3. The van der Waals surface area contributed by atoms with Crippen LogP contribution in [0.1, 0.15) is 166 Å². The van der Waals surface area contributed by atoms with Gasteiger partial charge in [0.1, 0.15) is 5.58 Å². The van der Waals surface area contributed by atoms with Crippen molar-refractivity contribution in [2.75, 3.05) is 9.80 Å². The van der Waals surface area contributed by atoms with E-state index in [0.29, 0.717) is 0 Å². The zero-order chi connectivity index (χ0) is 43.8. The van der Waals surface area contributed by atoms with Gasteiger partial charge in [-0.3, -0.25) is 0 Å². The van der Waals surface area contributed by atoms with Crippen LogP contribution in [0.2, 0.25) is 0 Å². The summed E-state index contributed by atoms with van der Waals surface area (Å²) in [5.41, 5.74) is 24.1. The van der Waals surface area contributed by atoms with Gasteiger partial charge in [-0.15, -0.1) is 0 Å². The lowest BCUT2D eigenvalue weighted by molar-refractivity contribution is 0.332. The third-order valence-corrected chi connectivity index (χ3v) is 17.1. The predicted molar refractivity (Wildman–Crippen MR) is 266 cm³/mol. The molecule has 0 saturated heterocycles. The van der Waals surface area contributed by atoms with Crippen LogP contribution in [-0.2, 0) is 32.5 Å². The molecule has 5 aliphatic rings. The average Bonchev–Trinajstić information content (AvgIpc) is 3.58. The van der Waals surface area contributed by atoms with E-state index in [-0.39, 0.29) is 39.2 Å². The van der Waals surface area contributed by atoms with Gasteiger partial charge in [0.25, 0.3) is 6.71 Å². The van der Waals surface area contributed by atoms with Crippen molar-refractivity contribution in [1.29, 1.82) is 0 Å². The molecule has 0 amide bonds. The number of aryl methyl sites for hydroxylation is 2. The van der Waals surface area contributed by atoms with E-state index in [0.717, 1.165) is 11.2 Å². The lowest BCUT2D eigenvalue weighted by Gasteiger charge is -2.47. The Hall–Kier alpha value is -4.70. The summed E-state index contributed by atoms with van der Waals surface area (Å²) in [6.45, 7) is 33.9. The summed E-state index contributed by atoms with van der Waals surface area (Å²) < 4.78 is 7.57. The molecule has 5 aromatic carbocycles. The topological polar surface area (TPSA) is 19.6 Å². The molecule has 1 aromatic heterocycles. The van der Waals surface area contributed by atoms with Gasteiger partial charge in [0, 0.05) is 33.8 Å². The molecule has 0 radical (unpaired) electrons. The minimum Gasteiger partial charge on any atom is -0.468 e. The van der Waals surface area contributed by atoms with Gasteiger partial charge in [-0.25, -0.2) is 0 Å². The van der Waals surface area contributed by atoms with Crippen LogP contribution in [0, 0.1) is 13.8 Å². The van der Waals surface area contributed by atoms with Crippen molar-refractivity contribution < 1.29 is 4.42 Å². The smallest absolute Gasteiger partial charge is 0.297 e. The zero-order valence-electron chi connectivity index (χ0n) is 40.1. The molecule has 6 aromatic rings. The van der Waals surface area contributed by atoms with Crippen LogP contribution in [-0.4, -0.2) is 6.71 Å². The number of fused-ring (bicyclic) bond motifs is 9. The summed E-state index contributed by atoms with van der Waals surface area (Å²) in [4.78, 5) is 5.24. The van der Waals surface area contributed by atoms with Crippen LogP contribution in [0.25, 0.3) is 11.0 Å². The second-order valence-electron chi connectivity index (χ2n) is 24.4. The molecule has 3 aliphatic carbocycles. The van der Waals surface area contributed by atoms with Crippen LogP contribution in [0.5, 0.6) is 0 Å². The summed E-state index contributed by atoms with van der Waals surface area (Å²) >= 11 is 0. The first-order valence-corrected chi connectivity index (χ1v) is 23.8. The van der Waals surface area contributed by atoms with E-state index in [1.54, 1.807) is 0 Å². The van der Waals surface area contributed by atoms with E-state index in [1.165, 1.54) is 133 Å². The van der Waals surface area contributed by atoms with Gasteiger partial charge >= 0.3 is 0 Å². The molecule has 0 unspecified atom stereocenters. The van der Waals surface area contributed by atoms with Gasteiger partial charge < -0.3 is 14.2 Å². The van der Waals surface area contributed by atoms with Gasteiger partial charge in [0.05, 0.1) is 11.3 Å². The Balaban J connectivity index is 1.27. The SMILES string of the molecule is Cc1ccc(N2c3cc(C)cc4c3B(c3cc5c(cc3N4c3ccc4c(c3)C(C)(C)CCC4(C)C)C(C)(C)CCC5(C)C)c3oc4cc5c(cc4c32)C(C)(C)CCC5(C)C)cc1. The first-order valence-electron chi connectivity index (χ1n) is 23.8. The highest BCUT2D eigenvalue weighted by Gasteiger charge is 2.50. The number of nitrogens with zero attached hydrogens (tertiary/aromatic N) is 2. The molecule has 2 aliphatic heterocycles. The molecule has 3 heterocycles. The molecular formula is C58H67BN2O. The maximum Gasteiger partial charge on any atom is 0.297 e. The van der Waals surface area contributed by atoms with E-state index < -0.39 is 0 Å². The Morgan fingerprint density at radius 1 is 0.435 bits per heavy atom. The minimum atomic E-state index is -0.0758. The molecule has 62 heavy (non-hydrogen) atoms. The molecule has 11 rings (SSSR count). The second kappa shape index (κ2) is 12.5. The molecular weight excluding hydrogens is 751 g/mol. The van der Waals surface area contributed by atoms with Crippen molar-refractivity contribution >= 4 is 68.4 Å². The van der Waals surface area contributed by atoms with Crippen LogP contribution in [0.3, 0.4) is 0 Å². The van der Waals surface area contributed by atoms with Crippen molar-refractivity contribution in [3.8, 4) is 0 Å². The van der Waals surface area contributed by atoms with E-state index in [2.05, 4.69) is 186 Å². The molecule has 0 spiro atoms. The maximum atomic E-state index is 7.57. The molecule has 0 N–H and O–H groups in total. The third kappa shape index (κ3) is 5.56. The van der Waals surface area contributed by atoms with Crippen molar-refractivity contribution in [3.63, 3.8) is 0 Å². The number of furan rings is 1. The molecule has 4 heteroatoms. The minimum absolute atomic E-state index is 0.0536. The Bertz CT molecular complexity index is 2900. The standard InChI is InChI=1S/C58H67BN2O/c1-34-15-17-36(18-16-34)61-48-28-35(2)27-47-50(48)59(52-51(61)38-30-41-44(33-49(38)62-52)58(13,14)26-23-55(41,7)8)45-31-42-43(57(11,12)25-24-56(42,9)10)32-46(45)60(47)37-19-20-39-40(29-37)54(5,6)22-21-53(39,3)4/h15-20,27-33H,21-26H2,1-14H3. The zero-order valence-corrected chi connectivity index (χ0v) is 40.1. The van der Waals surface area contributed by atoms with E-state index in [9.17, 15) is 0 Å². The number of hydrogen-bond donors (Lipinski definition) is 0. The largest absolute Gasteiger partial charge is 0.468 e. The first-order chi connectivity index (χ1) is 29.0. The molecule has 0 bridgehead atoms. The monoisotopic (exact) mass is 819 g/mol. The van der Waals surface area contributed by atoms with Gasteiger partial charge in [-0.2, -0.15) is 0 Å². The fraction of sp³-hybridized carbons (Fsp3) is 0.448. The first kappa shape index (κ1) is 40.1. The van der Waals surface area contributed by atoms with Crippen LogP contribution >= 0.6 is 0 Å². The lowest BCUT2D eigenvalue weighted by Crippen LogP contribution is -2.61. The molecule has 318 valence electrons. The van der Waals surface area contributed by atoms with E-state index in [1.807, 2.05) is 0 Å². The number of benzene rings is 5. The van der Waals surface area contributed by atoms with Crippen molar-refractivity contribution in [2.24, 2.45) is 0 Å². The summed E-state index contributed by atoms with van der Waals surface area (Å²) in [6.07, 6.45) is 7.08. The molecule has 0 saturated carbocycles. The Morgan fingerprint density at radius 2 is 0.903 bits per heavy atom. The van der Waals surface area contributed by atoms with Crippen LogP contribution in [0.15, 0.2) is 83.3 Å². The van der Waals surface area contributed by atoms with Gasteiger partial charge in [-0.05, 0) is 189 Å². The van der Waals surface area contributed by atoms with Crippen molar-refractivity contribution in [1.82, 2.24) is 0 Å². The summed E-state index contributed by atoms with van der Waals surface area (Å²) in [5.74, 6) is 0. The Labute approximate surface area is 372 Å². The molecule has 3 nitrogen and oxygen atoms in total. The number of rotatable bonds is 2. The highest BCUT2D eigenvalue weighted by molar-refractivity contribution is 7.00. The predicted octanol–water partition coefficient (Wildman–Crippen LogP) is 14.2. The van der Waals surface area contributed by atoms with Crippen molar-refractivity contribution in [3.05, 3.63) is 123 Å². The fourth-order valence-corrected chi connectivity index (χ4v) is 12.7.